The minimum absolute atomic E-state index is 0.201. The molecule has 5 aliphatic rings. The van der Waals surface area contributed by atoms with E-state index in [-0.39, 0.29) is 18.3 Å². The van der Waals surface area contributed by atoms with Crippen LogP contribution in [0.5, 0.6) is 0 Å². The zero-order valence-electron chi connectivity index (χ0n) is 16.3. The Kier molecular flexibility index (Phi) is 4.73. The number of ketones is 2. The van der Waals surface area contributed by atoms with E-state index >= 15 is 0 Å². The van der Waals surface area contributed by atoms with Gasteiger partial charge in [-0.15, -0.1) is 0 Å². The predicted molar refractivity (Wildman–Crippen MR) is 103 cm³/mol. The Hall–Kier alpha value is -0.660. The predicted octanol–water partition coefficient (Wildman–Crippen LogP) is 5.58. The molecule has 0 N–H and O–H groups in total. The molecule has 5 aliphatic carbocycles. The molecule has 0 spiro atoms. The van der Waals surface area contributed by atoms with Gasteiger partial charge in [-0.25, -0.2) is 0 Å². The maximum Gasteiger partial charge on any atom is 0.143 e. The van der Waals surface area contributed by atoms with Crippen LogP contribution in [0.3, 0.4) is 0 Å². The Morgan fingerprint density at radius 2 is 1.42 bits per heavy atom. The van der Waals surface area contributed by atoms with E-state index in [0.717, 1.165) is 48.9 Å². The average molecular weight is 357 g/mol. The van der Waals surface area contributed by atoms with Gasteiger partial charge in [-0.05, 0) is 74.0 Å². The van der Waals surface area contributed by atoms with E-state index in [2.05, 4.69) is 0 Å². The highest BCUT2D eigenvalue weighted by molar-refractivity contribution is 6.02. The number of hydrogen-bond donors (Lipinski definition) is 0. The van der Waals surface area contributed by atoms with E-state index in [9.17, 15) is 9.59 Å². The summed E-state index contributed by atoms with van der Waals surface area (Å²) in [5.41, 5.74) is 0. The highest BCUT2D eigenvalue weighted by atomic mass is 16.1. The number of Topliss-reactive ketones (excluding diaryl/α,β-unsaturated/α-hetero) is 2. The van der Waals surface area contributed by atoms with Crippen molar-refractivity contribution in [1.29, 1.82) is 0 Å². The van der Waals surface area contributed by atoms with Crippen LogP contribution in [0.15, 0.2) is 0 Å². The van der Waals surface area contributed by atoms with E-state index in [1.165, 1.54) is 64.2 Å². The van der Waals surface area contributed by atoms with Crippen molar-refractivity contribution in [1.82, 2.24) is 0 Å². The van der Waals surface area contributed by atoms with Crippen molar-refractivity contribution in [2.75, 3.05) is 0 Å². The average Bonchev–Trinajstić information content (AvgIpc) is 3.25. The fourth-order valence-electron chi connectivity index (χ4n) is 7.70. The first-order valence-corrected chi connectivity index (χ1v) is 11.7. The van der Waals surface area contributed by atoms with E-state index in [1.807, 2.05) is 0 Å². The first-order chi connectivity index (χ1) is 12.7. The molecule has 0 amide bonds. The Balaban J connectivity index is 1.14. The Morgan fingerprint density at radius 3 is 2.19 bits per heavy atom. The second-order valence-corrected chi connectivity index (χ2v) is 10.6. The lowest BCUT2D eigenvalue weighted by molar-refractivity contribution is -0.130. The molecule has 0 aliphatic heterocycles. The number of carbonyl (C=O) groups is 2. The molecule has 2 heteroatoms. The van der Waals surface area contributed by atoms with E-state index in [4.69, 9.17) is 0 Å². The lowest BCUT2D eigenvalue weighted by Gasteiger charge is -2.30. The molecule has 0 aromatic heterocycles. The molecular formula is C24H36O2. The molecule has 0 aromatic carbocycles. The SMILES string of the molecule is O=C(CC(=O)C1CC1C1CC2CCC1C2)C1CCCC2CCCCC2C1. The van der Waals surface area contributed by atoms with Crippen LogP contribution in [0.25, 0.3) is 0 Å². The molecular weight excluding hydrogens is 320 g/mol. The van der Waals surface area contributed by atoms with Gasteiger partial charge < -0.3 is 0 Å². The normalized spacial score (nSPS) is 47.2. The first-order valence-electron chi connectivity index (χ1n) is 11.7. The number of carbonyl (C=O) groups excluding carboxylic acids is 2. The molecule has 0 heterocycles. The lowest BCUT2D eigenvalue weighted by atomic mass is 9.75. The van der Waals surface area contributed by atoms with Crippen LogP contribution < -0.4 is 0 Å². The summed E-state index contributed by atoms with van der Waals surface area (Å²) in [6.07, 6.45) is 17.2. The van der Waals surface area contributed by atoms with Gasteiger partial charge in [0.15, 0.2) is 0 Å². The van der Waals surface area contributed by atoms with Crippen LogP contribution in [0.1, 0.15) is 89.9 Å². The van der Waals surface area contributed by atoms with Crippen molar-refractivity contribution in [3.63, 3.8) is 0 Å². The fourth-order valence-corrected chi connectivity index (χ4v) is 7.70. The van der Waals surface area contributed by atoms with Crippen molar-refractivity contribution in [3.05, 3.63) is 0 Å². The molecule has 5 saturated carbocycles. The quantitative estimate of drug-likeness (QED) is 0.602. The molecule has 5 fully saturated rings. The van der Waals surface area contributed by atoms with Gasteiger partial charge in [0, 0.05) is 11.8 Å². The second-order valence-electron chi connectivity index (χ2n) is 10.6. The number of hydrogen-bond acceptors (Lipinski definition) is 2. The highest BCUT2D eigenvalue weighted by Gasteiger charge is 2.54. The number of rotatable bonds is 5. The van der Waals surface area contributed by atoms with Gasteiger partial charge in [-0.1, -0.05) is 44.9 Å². The van der Waals surface area contributed by atoms with Crippen molar-refractivity contribution in [2.45, 2.75) is 89.9 Å². The van der Waals surface area contributed by atoms with Crippen LogP contribution in [0, 0.1) is 47.3 Å². The Morgan fingerprint density at radius 1 is 0.615 bits per heavy atom. The monoisotopic (exact) mass is 356 g/mol. The van der Waals surface area contributed by atoms with Gasteiger partial charge in [0.2, 0.25) is 0 Å². The van der Waals surface area contributed by atoms with Crippen LogP contribution in [0.2, 0.25) is 0 Å². The molecule has 5 rings (SSSR count). The van der Waals surface area contributed by atoms with Crippen LogP contribution in [0.4, 0.5) is 0 Å². The second kappa shape index (κ2) is 7.06. The van der Waals surface area contributed by atoms with Gasteiger partial charge in [-0.2, -0.15) is 0 Å². The van der Waals surface area contributed by atoms with E-state index in [1.54, 1.807) is 0 Å². The van der Waals surface area contributed by atoms with E-state index in [0.29, 0.717) is 17.5 Å². The maximum absolute atomic E-state index is 12.9. The summed E-state index contributed by atoms with van der Waals surface area (Å²) in [6.45, 7) is 0. The molecule has 26 heavy (non-hydrogen) atoms. The van der Waals surface area contributed by atoms with Gasteiger partial charge in [-0.3, -0.25) is 9.59 Å². The summed E-state index contributed by atoms with van der Waals surface area (Å²) in [5, 5.41) is 0. The van der Waals surface area contributed by atoms with Gasteiger partial charge >= 0.3 is 0 Å². The molecule has 2 bridgehead atoms. The van der Waals surface area contributed by atoms with Gasteiger partial charge in [0.1, 0.15) is 11.6 Å². The third-order valence-electron chi connectivity index (χ3n) is 9.18. The molecule has 8 unspecified atom stereocenters. The topological polar surface area (TPSA) is 34.1 Å². The maximum atomic E-state index is 12.9. The van der Waals surface area contributed by atoms with E-state index < -0.39 is 0 Å². The summed E-state index contributed by atoms with van der Waals surface area (Å²) in [7, 11) is 0. The van der Waals surface area contributed by atoms with Crippen LogP contribution >= 0.6 is 0 Å². The molecule has 144 valence electrons. The summed E-state index contributed by atoms with van der Waals surface area (Å²) >= 11 is 0. The largest absolute Gasteiger partial charge is 0.299 e. The Bertz CT molecular complexity index is 567. The third kappa shape index (κ3) is 3.31. The lowest BCUT2D eigenvalue weighted by Crippen LogP contribution is -2.24. The summed E-state index contributed by atoms with van der Waals surface area (Å²) in [4.78, 5) is 25.7. The van der Waals surface area contributed by atoms with Crippen molar-refractivity contribution >= 4 is 11.6 Å². The van der Waals surface area contributed by atoms with Crippen LogP contribution in [-0.4, -0.2) is 11.6 Å². The number of fused-ring (bicyclic) bond motifs is 3. The third-order valence-corrected chi connectivity index (χ3v) is 9.18. The zero-order chi connectivity index (χ0) is 17.7. The first kappa shape index (κ1) is 17.4. The van der Waals surface area contributed by atoms with Gasteiger partial charge in [0.25, 0.3) is 0 Å². The van der Waals surface area contributed by atoms with Gasteiger partial charge in [0.05, 0.1) is 6.42 Å². The van der Waals surface area contributed by atoms with Crippen molar-refractivity contribution in [2.24, 2.45) is 47.3 Å². The summed E-state index contributed by atoms with van der Waals surface area (Å²) in [6, 6.07) is 0. The summed E-state index contributed by atoms with van der Waals surface area (Å²) < 4.78 is 0. The standard InChI is InChI=1S/C24H36O2/c25-23(19-7-3-6-16-4-1-2-5-17(16)12-19)14-24(26)22-13-21(22)20-11-15-8-9-18(20)10-15/h15-22H,1-14H2. The Labute approximate surface area is 158 Å². The summed E-state index contributed by atoms with van der Waals surface area (Å²) in [5.74, 6) is 6.11. The fraction of sp³-hybridized carbons (Fsp3) is 0.917. The molecule has 0 radical (unpaired) electrons. The molecule has 0 aromatic rings. The minimum atomic E-state index is 0.201. The van der Waals surface area contributed by atoms with Crippen molar-refractivity contribution < 1.29 is 9.59 Å². The minimum Gasteiger partial charge on any atom is -0.299 e. The molecule has 0 saturated heterocycles. The zero-order valence-corrected chi connectivity index (χ0v) is 16.3. The van der Waals surface area contributed by atoms with Crippen molar-refractivity contribution in [3.8, 4) is 0 Å². The molecule has 8 atom stereocenters. The molecule has 2 nitrogen and oxygen atoms in total. The van der Waals surface area contributed by atoms with Crippen LogP contribution in [-0.2, 0) is 9.59 Å². The smallest absolute Gasteiger partial charge is 0.143 e. The highest BCUT2D eigenvalue weighted by Crippen LogP contribution is 2.59.